The monoisotopic (exact) mass is 265 g/mol. The van der Waals surface area contributed by atoms with E-state index in [2.05, 4.69) is 4.98 Å². The van der Waals surface area contributed by atoms with Crippen LogP contribution in [-0.4, -0.2) is 15.8 Å². The molecule has 2 aromatic rings. The molecule has 0 bridgehead atoms. The summed E-state index contributed by atoms with van der Waals surface area (Å²) in [5, 5.41) is 10.6. The number of benzene rings is 1. The highest BCUT2D eigenvalue weighted by molar-refractivity contribution is 7.99. The number of halogens is 1. The van der Waals surface area contributed by atoms with Crippen LogP contribution in [0.3, 0.4) is 0 Å². The van der Waals surface area contributed by atoms with Gasteiger partial charge in [-0.2, -0.15) is 0 Å². The average molecular weight is 266 g/mol. The first-order chi connectivity index (χ1) is 8.25. The highest BCUT2D eigenvalue weighted by Gasteiger charge is 2.08. The number of thioether (sulfide) groups is 1. The summed E-state index contributed by atoms with van der Waals surface area (Å²) in [6.45, 7) is 0. The number of rotatable bonds is 4. The van der Waals surface area contributed by atoms with Gasteiger partial charge in [0.15, 0.2) is 0 Å². The van der Waals surface area contributed by atoms with E-state index in [4.69, 9.17) is 11.6 Å². The molecule has 2 nitrogen and oxygen atoms in total. The molecule has 0 saturated carbocycles. The topological polar surface area (TPSA) is 33.1 Å². The predicted octanol–water partition coefficient (Wildman–Crippen LogP) is 3.56. The van der Waals surface area contributed by atoms with Crippen molar-refractivity contribution in [3.63, 3.8) is 0 Å². The highest BCUT2D eigenvalue weighted by Crippen LogP contribution is 2.25. The van der Waals surface area contributed by atoms with Gasteiger partial charge < -0.3 is 5.11 Å². The average Bonchev–Trinajstić information content (AvgIpc) is 2.37. The molecular formula is C13H12ClNOS. The Labute approximate surface area is 110 Å². The Morgan fingerprint density at radius 2 is 2.12 bits per heavy atom. The number of pyridine rings is 1. The molecule has 1 aromatic heterocycles. The number of hydrogen-bond acceptors (Lipinski definition) is 3. The fourth-order valence-corrected chi connectivity index (χ4v) is 2.55. The predicted molar refractivity (Wildman–Crippen MR) is 71.4 cm³/mol. The molecule has 17 heavy (non-hydrogen) atoms. The van der Waals surface area contributed by atoms with Gasteiger partial charge in [0.05, 0.1) is 5.69 Å². The normalized spacial score (nSPS) is 12.4. The van der Waals surface area contributed by atoms with Gasteiger partial charge in [-0.15, -0.1) is 11.8 Å². The van der Waals surface area contributed by atoms with Gasteiger partial charge in [0.25, 0.3) is 0 Å². The highest BCUT2D eigenvalue weighted by atomic mass is 35.5. The Morgan fingerprint density at radius 1 is 1.24 bits per heavy atom. The summed E-state index contributed by atoms with van der Waals surface area (Å²) in [6, 6.07) is 13.1. The zero-order chi connectivity index (χ0) is 12.1. The van der Waals surface area contributed by atoms with E-state index in [1.165, 1.54) is 0 Å². The fraction of sp³-hybridized carbons (Fsp3) is 0.154. The maximum absolute atomic E-state index is 9.93. The van der Waals surface area contributed by atoms with Crippen molar-refractivity contribution in [1.29, 1.82) is 0 Å². The molecule has 0 aliphatic rings. The first-order valence-electron chi connectivity index (χ1n) is 5.23. The van der Waals surface area contributed by atoms with E-state index in [1.807, 2.05) is 42.5 Å². The number of aliphatic hydroxyl groups excluding tert-OH is 1. The molecule has 1 heterocycles. The largest absolute Gasteiger partial charge is 0.386 e. The van der Waals surface area contributed by atoms with Gasteiger partial charge in [0.2, 0.25) is 0 Å². The second kappa shape index (κ2) is 6.05. The lowest BCUT2D eigenvalue weighted by atomic mass is 10.2. The molecule has 0 fully saturated rings. The molecule has 0 amide bonds. The minimum absolute atomic E-state index is 0.555. The van der Waals surface area contributed by atoms with Crippen LogP contribution in [0, 0.1) is 0 Å². The lowest BCUT2D eigenvalue weighted by molar-refractivity contribution is 0.199. The second-order valence-corrected chi connectivity index (χ2v) is 5.07. The van der Waals surface area contributed by atoms with E-state index in [-0.39, 0.29) is 0 Å². The third kappa shape index (κ3) is 3.73. The number of nitrogens with zero attached hydrogens (tertiary/aromatic N) is 1. The maximum Gasteiger partial charge on any atom is 0.105 e. The lowest BCUT2D eigenvalue weighted by Gasteiger charge is -2.09. The smallest absolute Gasteiger partial charge is 0.105 e. The Balaban J connectivity index is 1.95. The van der Waals surface area contributed by atoms with Gasteiger partial charge in [-0.05, 0) is 30.3 Å². The Bertz CT molecular complexity index is 478. The van der Waals surface area contributed by atoms with Crippen LogP contribution in [0.5, 0.6) is 0 Å². The molecule has 0 radical (unpaired) electrons. The van der Waals surface area contributed by atoms with E-state index < -0.39 is 6.10 Å². The van der Waals surface area contributed by atoms with Crippen molar-refractivity contribution in [3.8, 4) is 0 Å². The molecule has 0 saturated heterocycles. The van der Waals surface area contributed by atoms with Crippen molar-refractivity contribution in [2.75, 3.05) is 5.75 Å². The number of hydrogen-bond donors (Lipinski definition) is 1. The van der Waals surface area contributed by atoms with Gasteiger partial charge in [0.1, 0.15) is 6.10 Å². The van der Waals surface area contributed by atoms with Crippen LogP contribution < -0.4 is 0 Å². The zero-order valence-electron chi connectivity index (χ0n) is 9.08. The summed E-state index contributed by atoms with van der Waals surface area (Å²) in [7, 11) is 0. The number of aliphatic hydroxyl groups is 1. The third-order valence-electron chi connectivity index (χ3n) is 2.23. The molecule has 0 aliphatic heterocycles. The van der Waals surface area contributed by atoms with Gasteiger partial charge in [-0.3, -0.25) is 4.98 Å². The van der Waals surface area contributed by atoms with Crippen LogP contribution in [0.2, 0.25) is 5.02 Å². The van der Waals surface area contributed by atoms with Gasteiger partial charge in [-0.1, -0.05) is 23.7 Å². The van der Waals surface area contributed by atoms with E-state index in [1.54, 1.807) is 18.0 Å². The van der Waals surface area contributed by atoms with Crippen LogP contribution in [0.15, 0.2) is 53.6 Å². The van der Waals surface area contributed by atoms with E-state index in [0.29, 0.717) is 16.5 Å². The van der Waals surface area contributed by atoms with Crippen molar-refractivity contribution in [2.24, 2.45) is 0 Å². The van der Waals surface area contributed by atoms with Crippen molar-refractivity contribution in [1.82, 2.24) is 4.98 Å². The summed E-state index contributed by atoms with van der Waals surface area (Å²) in [5.74, 6) is 0.567. The number of aromatic nitrogens is 1. The Hall–Kier alpha value is -1.03. The van der Waals surface area contributed by atoms with Crippen LogP contribution in [0.4, 0.5) is 0 Å². The van der Waals surface area contributed by atoms with E-state index in [9.17, 15) is 5.11 Å². The zero-order valence-corrected chi connectivity index (χ0v) is 10.7. The van der Waals surface area contributed by atoms with Crippen molar-refractivity contribution in [3.05, 3.63) is 59.4 Å². The maximum atomic E-state index is 9.93. The van der Waals surface area contributed by atoms with Crippen molar-refractivity contribution < 1.29 is 5.11 Å². The molecule has 88 valence electrons. The molecule has 4 heteroatoms. The van der Waals surface area contributed by atoms with Crippen LogP contribution in [-0.2, 0) is 0 Å². The van der Waals surface area contributed by atoms with E-state index >= 15 is 0 Å². The van der Waals surface area contributed by atoms with Crippen LogP contribution >= 0.6 is 23.4 Å². The Kier molecular flexibility index (Phi) is 4.42. The van der Waals surface area contributed by atoms with Gasteiger partial charge in [0, 0.05) is 21.9 Å². The minimum atomic E-state index is -0.555. The third-order valence-corrected chi connectivity index (χ3v) is 3.54. The first kappa shape index (κ1) is 12.4. The summed E-state index contributed by atoms with van der Waals surface area (Å²) in [6.07, 6.45) is 1.13. The molecule has 1 N–H and O–H groups in total. The van der Waals surface area contributed by atoms with Crippen LogP contribution in [0.1, 0.15) is 11.8 Å². The SMILES string of the molecule is OC(CSc1cccc(Cl)c1)c1ccccn1. The quantitative estimate of drug-likeness (QED) is 0.858. The van der Waals surface area contributed by atoms with Crippen molar-refractivity contribution in [2.45, 2.75) is 11.0 Å². The second-order valence-electron chi connectivity index (χ2n) is 3.54. The molecule has 1 atom stereocenters. The molecule has 0 spiro atoms. The standard InChI is InChI=1S/C13H12ClNOS/c14-10-4-3-5-11(8-10)17-9-13(16)12-6-1-2-7-15-12/h1-8,13,16H,9H2. The molecule has 2 rings (SSSR count). The van der Waals surface area contributed by atoms with Gasteiger partial charge in [-0.25, -0.2) is 0 Å². The summed E-state index contributed by atoms with van der Waals surface area (Å²) < 4.78 is 0. The lowest BCUT2D eigenvalue weighted by Crippen LogP contribution is -2.02. The van der Waals surface area contributed by atoms with E-state index in [0.717, 1.165) is 4.90 Å². The van der Waals surface area contributed by atoms with Crippen LogP contribution in [0.25, 0.3) is 0 Å². The summed E-state index contributed by atoms with van der Waals surface area (Å²) in [4.78, 5) is 5.17. The van der Waals surface area contributed by atoms with Crippen molar-refractivity contribution >= 4 is 23.4 Å². The molecular weight excluding hydrogens is 254 g/mol. The molecule has 1 unspecified atom stereocenters. The first-order valence-corrected chi connectivity index (χ1v) is 6.59. The molecule has 1 aromatic carbocycles. The minimum Gasteiger partial charge on any atom is -0.386 e. The van der Waals surface area contributed by atoms with Gasteiger partial charge >= 0.3 is 0 Å². The molecule has 0 aliphatic carbocycles. The Morgan fingerprint density at radius 3 is 2.82 bits per heavy atom. The summed E-state index contributed by atoms with van der Waals surface area (Å²) in [5.41, 5.74) is 0.696. The fourth-order valence-electron chi connectivity index (χ4n) is 1.39. The summed E-state index contributed by atoms with van der Waals surface area (Å²) >= 11 is 7.45.